The number of aromatic nitrogens is 4. The first-order chi connectivity index (χ1) is 21.6. The highest BCUT2D eigenvalue weighted by atomic mass is 28.3. The SMILES string of the molecule is Cc1cn2cc(NC(=O)c3ccc(NC(=O)C4CCCN4C(=O)OC(C)(C)C)c4c3ncn4COCC[Si](C)(C)C)cc(F)c2n1. The van der Waals surface area contributed by atoms with E-state index < -0.39 is 37.5 Å². The highest BCUT2D eigenvalue weighted by molar-refractivity contribution is 6.76. The molecule has 14 heteroatoms. The molecule has 5 rings (SSSR count). The van der Waals surface area contributed by atoms with Crippen LogP contribution in [0.3, 0.4) is 0 Å². The Balaban J connectivity index is 1.43. The van der Waals surface area contributed by atoms with Crippen LogP contribution >= 0.6 is 0 Å². The monoisotopic (exact) mass is 651 g/mol. The number of ether oxygens (including phenoxy) is 2. The molecule has 4 heterocycles. The molecule has 2 N–H and O–H groups in total. The molecular weight excluding hydrogens is 609 g/mol. The smallest absolute Gasteiger partial charge is 0.410 e. The van der Waals surface area contributed by atoms with Gasteiger partial charge in [-0.1, -0.05) is 19.6 Å². The van der Waals surface area contributed by atoms with Gasteiger partial charge in [-0.3, -0.25) is 14.5 Å². The molecular formula is C32H42FN7O5Si. The molecule has 1 aliphatic heterocycles. The predicted octanol–water partition coefficient (Wildman–Crippen LogP) is 6.03. The van der Waals surface area contributed by atoms with Gasteiger partial charge in [-0.15, -0.1) is 0 Å². The quantitative estimate of drug-likeness (QED) is 0.167. The van der Waals surface area contributed by atoms with Gasteiger partial charge in [0.15, 0.2) is 11.5 Å². The fourth-order valence-corrected chi connectivity index (χ4v) is 6.11. The highest BCUT2D eigenvalue weighted by Gasteiger charge is 2.37. The van der Waals surface area contributed by atoms with Crippen molar-refractivity contribution in [3.8, 4) is 0 Å². The number of rotatable bonds is 9. The van der Waals surface area contributed by atoms with E-state index in [-0.39, 0.29) is 29.5 Å². The van der Waals surface area contributed by atoms with E-state index in [4.69, 9.17) is 9.47 Å². The third-order valence-corrected chi connectivity index (χ3v) is 9.27. The Morgan fingerprint density at radius 3 is 2.61 bits per heavy atom. The summed E-state index contributed by atoms with van der Waals surface area (Å²) >= 11 is 0. The molecule has 0 radical (unpaired) electrons. The maximum absolute atomic E-state index is 14.7. The van der Waals surface area contributed by atoms with Crippen molar-refractivity contribution in [1.29, 1.82) is 0 Å². The summed E-state index contributed by atoms with van der Waals surface area (Å²) in [5.74, 6) is -1.44. The van der Waals surface area contributed by atoms with Crippen LogP contribution in [0.2, 0.25) is 25.7 Å². The normalized spacial score (nSPS) is 15.5. The van der Waals surface area contributed by atoms with E-state index in [0.717, 1.165) is 6.04 Å². The number of carbonyl (C=O) groups excluding carboxylic acids is 3. The van der Waals surface area contributed by atoms with Gasteiger partial charge < -0.3 is 29.1 Å². The van der Waals surface area contributed by atoms with Crippen molar-refractivity contribution in [3.63, 3.8) is 0 Å². The summed E-state index contributed by atoms with van der Waals surface area (Å²) < 4.78 is 29.5. The van der Waals surface area contributed by atoms with Crippen LogP contribution in [-0.2, 0) is 21.0 Å². The first-order valence-corrected chi connectivity index (χ1v) is 19.1. The van der Waals surface area contributed by atoms with E-state index in [1.54, 1.807) is 63.1 Å². The summed E-state index contributed by atoms with van der Waals surface area (Å²) in [6.07, 6.45) is 5.44. The fraction of sp³-hybridized carbons (Fsp3) is 0.469. The molecule has 0 saturated carbocycles. The minimum Gasteiger partial charge on any atom is -0.444 e. The molecule has 1 atom stereocenters. The molecule has 0 spiro atoms. The average Bonchev–Trinajstić information content (AvgIpc) is 3.68. The van der Waals surface area contributed by atoms with Crippen LogP contribution in [-0.4, -0.2) is 74.6 Å². The standard InChI is InChI=1S/C32H42FN7O5Si/c1-20-16-38-17-21(15-23(33)28(38)35-20)36-29(41)22-10-11-24(27-26(22)34-18-39(27)19-44-13-14-46(5,6)7)37-30(42)25-9-8-12-40(25)31(43)45-32(2,3)4/h10-11,15-18,25H,8-9,12-14,19H2,1-7H3,(H,36,41)(H,37,42). The minimum absolute atomic E-state index is 0.157. The Morgan fingerprint density at radius 2 is 1.89 bits per heavy atom. The van der Waals surface area contributed by atoms with Gasteiger partial charge in [-0.2, -0.15) is 0 Å². The van der Waals surface area contributed by atoms with Crippen molar-refractivity contribution in [2.24, 2.45) is 0 Å². The molecule has 3 aromatic heterocycles. The first kappa shape index (κ1) is 33.1. The lowest BCUT2D eigenvalue weighted by Gasteiger charge is -2.28. The number of nitrogens with zero attached hydrogens (tertiary/aromatic N) is 5. The van der Waals surface area contributed by atoms with E-state index >= 15 is 0 Å². The van der Waals surface area contributed by atoms with Crippen LogP contribution in [0.5, 0.6) is 0 Å². The number of amides is 3. The zero-order valence-electron chi connectivity index (χ0n) is 27.4. The van der Waals surface area contributed by atoms with Crippen LogP contribution in [0.4, 0.5) is 20.6 Å². The van der Waals surface area contributed by atoms with Crippen molar-refractivity contribution in [2.45, 2.75) is 84.6 Å². The number of benzene rings is 1. The van der Waals surface area contributed by atoms with Gasteiger partial charge in [0.05, 0.1) is 34.5 Å². The van der Waals surface area contributed by atoms with Crippen molar-refractivity contribution >= 4 is 54.0 Å². The Hall–Kier alpha value is -4.30. The zero-order valence-corrected chi connectivity index (χ0v) is 28.4. The van der Waals surface area contributed by atoms with Crippen molar-refractivity contribution in [2.75, 3.05) is 23.8 Å². The Morgan fingerprint density at radius 1 is 1.13 bits per heavy atom. The van der Waals surface area contributed by atoms with Gasteiger partial charge >= 0.3 is 6.09 Å². The predicted molar refractivity (Wildman–Crippen MR) is 176 cm³/mol. The Bertz CT molecular complexity index is 1790. The van der Waals surface area contributed by atoms with Crippen molar-refractivity contribution < 1.29 is 28.2 Å². The van der Waals surface area contributed by atoms with Crippen molar-refractivity contribution in [3.05, 3.63) is 54.0 Å². The molecule has 1 saturated heterocycles. The van der Waals surface area contributed by atoms with Crippen LogP contribution in [0, 0.1) is 12.7 Å². The van der Waals surface area contributed by atoms with Crippen LogP contribution in [0.15, 0.2) is 36.9 Å². The molecule has 0 aliphatic carbocycles. The summed E-state index contributed by atoms with van der Waals surface area (Å²) in [6, 6.07) is 4.66. The maximum Gasteiger partial charge on any atom is 0.410 e. The van der Waals surface area contributed by atoms with Crippen LogP contribution < -0.4 is 10.6 Å². The largest absolute Gasteiger partial charge is 0.444 e. The number of halogens is 1. The highest BCUT2D eigenvalue weighted by Crippen LogP contribution is 2.29. The lowest BCUT2D eigenvalue weighted by Crippen LogP contribution is -2.45. The molecule has 1 unspecified atom stereocenters. The minimum atomic E-state index is -1.33. The third-order valence-electron chi connectivity index (χ3n) is 7.56. The zero-order chi connectivity index (χ0) is 33.4. The topological polar surface area (TPSA) is 132 Å². The van der Waals surface area contributed by atoms with Gasteiger partial charge in [-0.25, -0.2) is 19.2 Å². The summed E-state index contributed by atoms with van der Waals surface area (Å²) in [6.45, 7) is 15.0. The molecule has 12 nitrogen and oxygen atoms in total. The van der Waals surface area contributed by atoms with Crippen molar-refractivity contribution in [1.82, 2.24) is 23.8 Å². The van der Waals surface area contributed by atoms with E-state index in [0.29, 0.717) is 48.4 Å². The second-order valence-electron chi connectivity index (χ2n) is 13.9. The number of hydrogen-bond acceptors (Lipinski definition) is 7. The molecule has 46 heavy (non-hydrogen) atoms. The van der Waals surface area contributed by atoms with Gasteiger partial charge in [0.2, 0.25) is 5.91 Å². The molecule has 246 valence electrons. The number of nitrogens with one attached hydrogen (secondary N) is 2. The van der Waals surface area contributed by atoms with E-state index in [2.05, 4.69) is 40.2 Å². The number of anilines is 2. The Kier molecular flexibility index (Phi) is 9.23. The summed E-state index contributed by atoms with van der Waals surface area (Å²) in [4.78, 5) is 50.2. The number of fused-ring (bicyclic) bond motifs is 2. The summed E-state index contributed by atoms with van der Waals surface area (Å²) in [7, 11) is -1.33. The number of carbonyl (C=O) groups is 3. The fourth-order valence-electron chi connectivity index (χ4n) is 5.35. The van der Waals surface area contributed by atoms with Gasteiger partial charge in [-0.05, 0) is 58.7 Å². The second kappa shape index (κ2) is 12.8. The van der Waals surface area contributed by atoms with Crippen LogP contribution in [0.1, 0.15) is 49.7 Å². The van der Waals surface area contributed by atoms with Gasteiger partial charge in [0, 0.05) is 39.7 Å². The molecule has 1 aliphatic rings. The maximum atomic E-state index is 14.7. The lowest BCUT2D eigenvalue weighted by molar-refractivity contribution is -0.120. The average molecular weight is 652 g/mol. The first-order valence-electron chi connectivity index (χ1n) is 15.4. The summed E-state index contributed by atoms with van der Waals surface area (Å²) in [5.41, 5.74) is 1.83. The van der Waals surface area contributed by atoms with E-state index in [1.807, 2.05) is 0 Å². The number of likely N-dealkylation sites (tertiary alicyclic amines) is 1. The third kappa shape index (κ3) is 7.56. The van der Waals surface area contributed by atoms with Gasteiger partial charge in [0.1, 0.15) is 23.9 Å². The van der Waals surface area contributed by atoms with Crippen LogP contribution in [0.25, 0.3) is 16.7 Å². The number of aryl methyl sites for hydroxylation is 1. The number of imidazole rings is 2. The van der Waals surface area contributed by atoms with E-state index in [1.165, 1.54) is 15.4 Å². The van der Waals surface area contributed by atoms with E-state index in [9.17, 15) is 18.8 Å². The molecule has 1 fully saturated rings. The molecule has 3 amide bonds. The summed E-state index contributed by atoms with van der Waals surface area (Å²) in [5, 5.41) is 5.74. The number of hydrogen-bond donors (Lipinski definition) is 2. The molecule has 1 aromatic carbocycles. The Labute approximate surface area is 268 Å². The number of pyridine rings is 1. The molecule has 4 aromatic rings. The molecule has 0 bridgehead atoms. The second-order valence-corrected chi connectivity index (χ2v) is 19.5. The van der Waals surface area contributed by atoms with Gasteiger partial charge in [0.25, 0.3) is 5.91 Å². The lowest BCUT2D eigenvalue weighted by atomic mass is 10.1.